The lowest BCUT2D eigenvalue weighted by molar-refractivity contribution is -0.383. The first-order chi connectivity index (χ1) is 8.84. The Labute approximate surface area is 116 Å². The maximum atomic E-state index is 12.1. The van der Waals surface area contributed by atoms with Gasteiger partial charge in [0.15, 0.2) is 0 Å². The number of amides is 1. The number of halogens is 1. The lowest BCUT2D eigenvalue weighted by atomic mass is 9.86. The molecule has 1 aromatic carbocycles. The maximum absolute atomic E-state index is 12.1. The van der Waals surface area contributed by atoms with Gasteiger partial charge in [-0.1, -0.05) is 18.5 Å². The van der Waals surface area contributed by atoms with Crippen LogP contribution < -0.4 is 11.1 Å². The highest BCUT2D eigenvalue weighted by atomic mass is 35.5. The van der Waals surface area contributed by atoms with Crippen molar-refractivity contribution in [3.63, 3.8) is 0 Å². The quantitative estimate of drug-likeness (QED) is 0.641. The Morgan fingerprint density at radius 2 is 2.21 bits per heavy atom. The van der Waals surface area contributed by atoms with Crippen LogP contribution in [0.3, 0.4) is 0 Å². The number of nitro groups is 1. The Morgan fingerprint density at radius 3 is 2.68 bits per heavy atom. The van der Waals surface area contributed by atoms with E-state index in [1.807, 2.05) is 6.92 Å². The highest BCUT2D eigenvalue weighted by molar-refractivity contribution is 6.31. The first-order valence-corrected chi connectivity index (χ1v) is 6.17. The predicted octanol–water partition coefficient (Wildman–Crippen LogP) is 2.56. The SMILES string of the molecule is CCC(C)(CN)C(=O)Nc1cc(Cl)ccc1[N+](=O)[O-]. The van der Waals surface area contributed by atoms with Gasteiger partial charge in [-0.3, -0.25) is 14.9 Å². The van der Waals surface area contributed by atoms with E-state index in [0.29, 0.717) is 11.4 Å². The molecule has 1 unspecified atom stereocenters. The normalized spacial score (nSPS) is 13.7. The molecule has 104 valence electrons. The second-order valence-electron chi connectivity index (χ2n) is 4.49. The van der Waals surface area contributed by atoms with Crippen LogP contribution in [-0.2, 0) is 4.79 Å². The molecule has 1 aromatic rings. The number of carbonyl (C=O) groups excluding carboxylic acids is 1. The zero-order valence-corrected chi connectivity index (χ0v) is 11.5. The molecule has 1 amide bonds. The van der Waals surface area contributed by atoms with E-state index in [-0.39, 0.29) is 23.8 Å². The van der Waals surface area contributed by atoms with Crippen molar-refractivity contribution in [1.29, 1.82) is 0 Å². The largest absolute Gasteiger partial charge is 0.329 e. The minimum Gasteiger partial charge on any atom is -0.329 e. The Balaban J connectivity index is 3.08. The second-order valence-corrected chi connectivity index (χ2v) is 4.93. The van der Waals surface area contributed by atoms with Crippen LogP contribution in [0.25, 0.3) is 0 Å². The van der Waals surface area contributed by atoms with Crippen molar-refractivity contribution in [2.75, 3.05) is 11.9 Å². The Kier molecular flexibility index (Phi) is 4.85. The molecule has 1 atom stereocenters. The summed E-state index contributed by atoms with van der Waals surface area (Å²) in [6.45, 7) is 3.70. The number of nitrogens with one attached hydrogen (secondary N) is 1. The number of nitro benzene ring substituents is 1. The first kappa shape index (κ1) is 15.4. The van der Waals surface area contributed by atoms with E-state index in [1.165, 1.54) is 18.2 Å². The fraction of sp³-hybridized carbons (Fsp3) is 0.417. The molecule has 0 aliphatic rings. The van der Waals surface area contributed by atoms with Gasteiger partial charge >= 0.3 is 0 Å². The van der Waals surface area contributed by atoms with Crippen LogP contribution in [-0.4, -0.2) is 17.4 Å². The molecule has 0 saturated heterocycles. The number of anilines is 1. The van der Waals surface area contributed by atoms with Gasteiger partial charge in [0.2, 0.25) is 5.91 Å². The van der Waals surface area contributed by atoms with Gasteiger partial charge in [0.05, 0.1) is 10.3 Å². The van der Waals surface area contributed by atoms with Gasteiger partial charge < -0.3 is 11.1 Å². The molecule has 0 bridgehead atoms. The Morgan fingerprint density at radius 1 is 1.58 bits per heavy atom. The molecule has 0 spiro atoms. The smallest absolute Gasteiger partial charge is 0.292 e. The summed E-state index contributed by atoms with van der Waals surface area (Å²) >= 11 is 5.79. The van der Waals surface area contributed by atoms with E-state index in [4.69, 9.17) is 17.3 Å². The number of benzene rings is 1. The van der Waals surface area contributed by atoms with Gasteiger partial charge in [-0.2, -0.15) is 0 Å². The lowest BCUT2D eigenvalue weighted by Gasteiger charge is -2.24. The van der Waals surface area contributed by atoms with Gasteiger partial charge in [0.25, 0.3) is 5.69 Å². The number of hydrogen-bond donors (Lipinski definition) is 2. The van der Waals surface area contributed by atoms with Crippen LogP contribution in [0.5, 0.6) is 0 Å². The summed E-state index contributed by atoms with van der Waals surface area (Å²) < 4.78 is 0. The molecule has 1 rings (SSSR count). The summed E-state index contributed by atoms with van der Waals surface area (Å²) in [4.78, 5) is 22.4. The van der Waals surface area contributed by atoms with Crippen molar-refractivity contribution in [2.24, 2.45) is 11.1 Å². The van der Waals surface area contributed by atoms with E-state index in [2.05, 4.69) is 5.32 Å². The predicted molar refractivity (Wildman–Crippen MR) is 74.2 cm³/mol. The van der Waals surface area contributed by atoms with Crippen LogP contribution in [0.15, 0.2) is 18.2 Å². The number of carbonyl (C=O) groups is 1. The van der Waals surface area contributed by atoms with E-state index in [9.17, 15) is 14.9 Å². The molecule has 0 heterocycles. The molecule has 0 fully saturated rings. The summed E-state index contributed by atoms with van der Waals surface area (Å²) in [5.41, 5.74) is 4.69. The molecule has 0 aliphatic heterocycles. The number of hydrogen-bond acceptors (Lipinski definition) is 4. The standard InChI is InChI=1S/C12H16ClN3O3/c1-3-12(2,7-14)11(17)15-9-6-8(13)4-5-10(9)16(18)19/h4-6H,3,7,14H2,1-2H3,(H,15,17). The average molecular weight is 286 g/mol. The maximum Gasteiger partial charge on any atom is 0.292 e. The third kappa shape index (κ3) is 3.42. The van der Waals surface area contributed by atoms with Crippen LogP contribution in [0.4, 0.5) is 11.4 Å². The molecule has 0 saturated carbocycles. The van der Waals surface area contributed by atoms with Crippen molar-refractivity contribution in [1.82, 2.24) is 0 Å². The van der Waals surface area contributed by atoms with Crippen molar-refractivity contribution >= 4 is 28.9 Å². The molecule has 0 aliphatic carbocycles. The topological polar surface area (TPSA) is 98.3 Å². The summed E-state index contributed by atoms with van der Waals surface area (Å²) in [6.07, 6.45) is 0.531. The first-order valence-electron chi connectivity index (χ1n) is 5.79. The fourth-order valence-corrected chi connectivity index (χ4v) is 1.61. The summed E-state index contributed by atoms with van der Waals surface area (Å²) in [7, 11) is 0. The minimum atomic E-state index is -0.768. The van der Waals surface area contributed by atoms with Gasteiger partial charge in [-0.25, -0.2) is 0 Å². The van der Waals surface area contributed by atoms with Gasteiger partial charge in [-0.15, -0.1) is 0 Å². The van der Waals surface area contributed by atoms with E-state index in [0.717, 1.165) is 0 Å². The molecule has 7 heteroatoms. The summed E-state index contributed by atoms with van der Waals surface area (Å²) in [6, 6.07) is 4.01. The molecule has 6 nitrogen and oxygen atoms in total. The molecule has 0 radical (unpaired) electrons. The lowest BCUT2D eigenvalue weighted by Crippen LogP contribution is -2.39. The third-order valence-corrected chi connectivity index (χ3v) is 3.42. The zero-order chi connectivity index (χ0) is 14.6. The van der Waals surface area contributed by atoms with E-state index < -0.39 is 10.3 Å². The van der Waals surface area contributed by atoms with Crippen LogP contribution in [0.1, 0.15) is 20.3 Å². The van der Waals surface area contributed by atoms with Crippen LogP contribution >= 0.6 is 11.6 Å². The van der Waals surface area contributed by atoms with Crippen molar-refractivity contribution in [3.8, 4) is 0 Å². The molecule has 0 aromatic heterocycles. The minimum absolute atomic E-state index is 0.0793. The highest BCUT2D eigenvalue weighted by Crippen LogP contribution is 2.30. The van der Waals surface area contributed by atoms with Crippen molar-refractivity contribution < 1.29 is 9.72 Å². The van der Waals surface area contributed by atoms with E-state index in [1.54, 1.807) is 6.92 Å². The number of nitrogens with two attached hydrogens (primary N) is 1. The summed E-state index contributed by atoms with van der Waals surface area (Å²) in [5.74, 6) is -0.358. The number of nitrogens with zero attached hydrogens (tertiary/aromatic N) is 1. The van der Waals surface area contributed by atoms with Crippen LogP contribution in [0, 0.1) is 15.5 Å². The van der Waals surface area contributed by atoms with Crippen molar-refractivity contribution in [3.05, 3.63) is 33.3 Å². The average Bonchev–Trinajstić information content (AvgIpc) is 2.37. The van der Waals surface area contributed by atoms with E-state index >= 15 is 0 Å². The third-order valence-electron chi connectivity index (χ3n) is 3.18. The molecular formula is C12H16ClN3O3. The Bertz CT molecular complexity index is 501. The molecule has 3 N–H and O–H groups in total. The zero-order valence-electron chi connectivity index (χ0n) is 10.8. The van der Waals surface area contributed by atoms with Crippen molar-refractivity contribution in [2.45, 2.75) is 20.3 Å². The summed E-state index contributed by atoms with van der Waals surface area (Å²) in [5, 5.41) is 13.7. The Hall–Kier alpha value is -1.66. The van der Waals surface area contributed by atoms with Gasteiger partial charge in [0, 0.05) is 17.6 Å². The number of rotatable bonds is 5. The van der Waals surface area contributed by atoms with Crippen LogP contribution in [0.2, 0.25) is 5.02 Å². The fourth-order valence-electron chi connectivity index (χ4n) is 1.44. The monoisotopic (exact) mass is 285 g/mol. The van der Waals surface area contributed by atoms with Gasteiger partial charge in [0.1, 0.15) is 5.69 Å². The molecular weight excluding hydrogens is 270 g/mol. The van der Waals surface area contributed by atoms with Gasteiger partial charge in [-0.05, 0) is 25.5 Å². The highest BCUT2D eigenvalue weighted by Gasteiger charge is 2.31. The molecule has 19 heavy (non-hydrogen) atoms. The second kappa shape index (κ2) is 5.99.